The van der Waals surface area contributed by atoms with E-state index in [1.165, 1.54) is 27.6 Å². The van der Waals surface area contributed by atoms with Gasteiger partial charge >= 0.3 is 0 Å². The zero-order valence-electron chi connectivity index (χ0n) is 17.4. The van der Waals surface area contributed by atoms with E-state index in [-0.39, 0.29) is 10.8 Å². The van der Waals surface area contributed by atoms with Crippen LogP contribution in [0.25, 0.3) is 0 Å². The van der Waals surface area contributed by atoms with Crippen LogP contribution in [0.3, 0.4) is 0 Å². The van der Waals surface area contributed by atoms with E-state index in [9.17, 15) is 13.2 Å². The molecule has 2 aromatic carbocycles. The number of amidine groups is 1. The fourth-order valence-electron chi connectivity index (χ4n) is 3.55. The fraction of sp³-hybridized carbons (Fsp3) is 0.364. The first-order chi connectivity index (χ1) is 14.9. The lowest BCUT2D eigenvalue weighted by Crippen LogP contribution is -2.40. The Morgan fingerprint density at radius 1 is 1.10 bits per heavy atom. The average molecular weight is 460 g/mol. The zero-order chi connectivity index (χ0) is 21.8. The first-order valence-corrected chi connectivity index (χ1v) is 12.6. The van der Waals surface area contributed by atoms with Crippen molar-refractivity contribution < 1.29 is 17.9 Å². The van der Waals surface area contributed by atoms with Crippen molar-refractivity contribution in [2.24, 2.45) is 4.99 Å². The summed E-state index contributed by atoms with van der Waals surface area (Å²) in [4.78, 5) is 19.4. The fourth-order valence-corrected chi connectivity index (χ4v) is 5.95. The van der Waals surface area contributed by atoms with Crippen molar-refractivity contribution in [3.63, 3.8) is 0 Å². The Bertz CT molecular complexity index is 1080. The predicted octanol–water partition coefficient (Wildman–Crippen LogP) is 2.76. The van der Waals surface area contributed by atoms with Gasteiger partial charge in [0.25, 0.3) is 5.91 Å². The molecule has 0 unspecified atom stereocenters. The van der Waals surface area contributed by atoms with E-state index in [1.54, 1.807) is 28.8 Å². The van der Waals surface area contributed by atoms with Gasteiger partial charge in [-0.05, 0) is 36.8 Å². The number of amides is 1. The van der Waals surface area contributed by atoms with Crippen LogP contribution in [0.5, 0.6) is 0 Å². The lowest BCUT2D eigenvalue weighted by molar-refractivity contribution is 0.0730. The number of morpholine rings is 1. The van der Waals surface area contributed by atoms with Crippen molar-refractivity contribution in [2.45, 2.75) is 17.6 Å². The topological polar surface area (TPSA) is 79.3 Å². The second kappa shape index (κ2) is 9.52. The molecule has 4 rings (SSSR count). The van der Waals surface area contributed by atoms with Gasteiger partial charge in [0.1, 0.15) is 0 Å². The van der Waals surface area contributed by atoms with Gasteiger partial charge in [0.2, 0.25) is 10.0 Å². The summed E-state index contributed by atoms with van der Waals surface area (Å²) in [5, 5.41) is 0.705. The van der Waals surface area contributed by atoms with Gasteiger partial charge in [-0.15, -0.1) is 0 Å². The monoisotopic (exact) mass is 459 g/mol. The summed E-state index contributed by atoms with van der Waals surface area (Å²) in [6.07, 6.45) is 0. The number of rotatable bonds is 5. The molecule has 0 saturated carbocycles. The van der Waals surface area contributed by atoms with Crippen molar-refractivity contribution >= 4 is 32.9 Å². The summed E-state index contributed by atoms with van der Waals surface area (Å²) in [6.45, 7) is 4.64. The Labute approximate surface area is 187 Å². The maximum Gasteiger partial charge on any atom is 0.259 e. The van der Waals surface area contributed by atoms with Crippen LogP contribution in [0.2, 0.25) is 0 Å². The number of aliphatic imine (C=N–C) groups is 1. The molecule has 9 heteroatoms. The van der Waals surface area contributed by atoms with Crippen LogP contribution in [-0.4, -0.2) is 68.1 Å². The molecule has 0 spiro atoms. The number of carbonyl (C=O) groups is 1. The number of sulfonamides is 1. The highest BCUT2D eigenvalue weighted by Gasteiger charge is 2.28. The van der Waals surface area contributed by atoms with Crippen LogP contribution in [0.1, 0.15) is 21.5 Å². The molecule has 164 valence electrons. The van der Waals surface area contributed by atoms with Gasteiger partial charge in [-0.3, -0.25) is 14.7 Å². The molecule has 0 N–H and O–H groups in total. The van der Waals surface area contributed by atoms with E-state index in [1.807, 2.05) is 6.07 Å². The molecule has 1 saturated heterocycles. The van der Waals surface area contributed by atoms with Gasteiger partial charge in [0, 0.05) is 31.0 Å². The van der Waals surface area contributed by atoms with E-state index >= 15 is 0 Å². The van der Waals surface area contributed by atoms with E-state index in [0.29, 0.717) is 50.1 Å². The predicted molar refractivity (Wildman–Crippen MR) is 122 cm³/mol. The zero-order valence-corrected chi connectivity index (χ0v) is 19.0. The second-order valence-electron chi connectivity index (χ2n) is 7.44. The minimum atomic E-state index is -3.58. The van der Waals surface area contributed by atoms with Crippen LogP contribution >= 0.6 is 11.8 Å². The van der Waals surface area contributed by atoms with Crippen LogP contribution in [0, 0.1) is 6.92 Å². The first kappa shape index (κ1) is 22.0. The van der Waals surface area contributed by atoms with Crippen LogP contribution < -0.4 is 0 Å². The standard InChI is InChI=1S/C22H25N3O4S2/c1-17-3-2-4-18(15-17)16-30-22-23-9-10-25(22)21(26)19-5-7-20(8-6-19)31(27,28)24-11-13-29-14-12-24/h2-8,15H,9-14,16H2,1H3. The summed E-state index contributed by atoms with van der Waals surface area (Å²) in [5.41, 5.74) is 2.84. The SMILES string of the molecule is Cc1cccc(CSC2=NCCN2C(=O)c2ccc(S(=O)(=O)N3CCOCC3)cc2)c1. The average Bonchev–Trinajstić information content (AvgIpc) is 3.26. The number of hydrogen-bond donors (Lipinski definition) is 0. The van der Waals surface area contributed by atoms with Gasteiger partial charge < -0.3 is 4.74 Å². The molecule has 0 aliphatic carbocycles. The number of carbonyl (C=O) groups excluding carboxylic acids is 1. The van der Waals surface area contributed by atoms with Crippen molar-refractivity contribution in [1.82, 2.24) is 9.21 Å². The highest BCUT2D eigenvalue weighted by atomic mass is 32.2. The molecule has 2 heterocycles. The van der Waals surface area contributed by atoms with E-state index in [2.05, 4.69) is 30.1 Å². The Balaban J connectivity index is 1.43. The number of thioether (sulfide) groups is 1. The Kier molecular flexibility index (Phi) is 6.76. The van der Waals surface area contributed by atoms with Crippen molar-refractivity contribution in [2.75, 3.05) is 39.4 Å². The maximum atomic E-state index is 13.0. The van der Waals surface area contributed by atoms with Crippen molar-refractivity contribution in [1.29, 1.82) is 0 Å². The van der Waals surface area contributed by atoms with Gasteiger partial charge in [-0.25, -0.2) is 8.42 Å². The van der Waals surface area contributed by atoms with E-state index < -0.39 is 10.0 Å². The summed E-state index contributed by atoms with van der Waals surface area (Å²) < 4.78 is 32.2. The third-order valence-electron chi connectivity index (χ3n) is 5.21. The Hall–Kier alpha value is -2.20. The van der Waals surface area contributed by atoms with Crippen LogP contribution in [0.4, 0.5) is 0 Å². The van der Waals surface area contributed by atoms with Gasteiger partial charge in [-0.1, -0.05) is 41.6 Å². The number of benzene rings is 2. The Morgan fingerprint density at radius 3 is 2.55 bits per heavy atom. The molecule has 2 aliphatic heterocycles. The van der Waals surface area contributed by atoms with Crippen LogP contribution in [-0.2, 0) is 20.5 Å². The summed E-state index contributed by atoms with van der Waals surface area (Å²) in [7, 11) is -3.58. The lowest BCUT2D eigenvalue weighted by Gasteiger charge is -2.26. The summed E-state index contributed by atoms with van der Waals surface area (Å²) in [6, 6.07) is 14.4. The normalized spacial score (nSPS) is 17.6. The number of hydrogen-bond acceptors (Lipinski definition) is 6. The van der Waals surface area contributed by atoms with Gasteiger partial charge in [0.05, 0.1) is 24.7 Å². The molecule has 1 fully saturated rings. The molecule has 0 bridgehead atoms. The van der Waals surface area contributed by atoms with Crippen molar-refractivity contribution in [3.8, 4) is 0 Å². The quantitative estimate of drug-likeness (QED) is 0.687. The van der Waals surface area contributed by atoms with Gasteiger partial charge in [0.15, 0.2) is 5.17 Å². The van der Waals surface area contributed by atoms with E-state index in [4.69, 9.17) is 4.74 Å². The summed E-state index contributed by atoms with van der Waals surface area (Å²) >= 11 is 1.54. The second-order valence-corrected chi connectivity index (χ2v) is 10.3. The molecule has 0 aromatic heterocycles. The molecule has 2 aliphatic rings. The highest BCUT2D eigenvalue weighted by molar-refractivity contribution is 8.13. The first-order valence-electron chi connectivity index (χ1n) is 10.2. The van der Waals surface area contributed by atoms with Crippen LogP contribution in [0.15, 0.2) is 58.4 Å². The third kappa shape index (κ3) is 5.01. The molecule has 1 amide bonds. The number of ether oxygens (including phenoxy) is 1. The minimum absolute atomic E-state index is 0.164. The molecule has 31 heavy (non-hydrogen) atoms. The van der Waals surface area contributed by atoms with E-state index in [0.717, 1.165) is 5.75 Å². The molecular weight excluding hydrogens is 434 g/mol. The molecule has 0 radical (unpaired) electrons. The molecule has 0 atom stereocenters. The minimum Gasteiger partial charge on any atom is -0.379 e. The highest BCUT2D eigenvalue weighted by Crippen LogP contribution is 2.23. The molecular formula is C22H25N3O4S2. The van der Waals surface area contributed by atoms with Gasteiger partial charge in [-0.2, -0.15) is 4.31 Å². The number of nitrogens with zero attached hydrogens (tertiary/aromatic N) is 3. The lowest BCUT2D eigenvalue weighted by atomic mass is 10.2. The third-order valence-corrected chi connectivity index (χ3v) is 8.20. The van der Waals surface area contributed by atoms with Crippen molar-refractivity contribution in [3.05, 3.63) is 65.2 Å². The largest absolute Gasteiger partial charge is 0.379 e. The summed E-state index contributed by atoms with van der Waals surface area (Å²) in [5.74, 6) is 0.574. The smallest absolute Gasteiger partial charge is 0.259 e. The maximum absolute atomic E-state index is 13.0. The molecule has 2 aromatic rings. The molecule has 7 nitrogen and oxygen atoms in total. The Morgan fingerprint density at radius 2 is 1.84 bits per heavy atom. The number of aryl methyl sites for hydroxylation is 1.